The van der Waals surface area contributed by atoms with E-state index in [4.69, 9.17) is 4.52 Å². The zero-order chi connectivity index (χ0) is 19.6. The Morgan fingerprint density at radius 3 is 2.54 bits per heavy atom. The van der Waals surface area contributed by atoms with Gasteiger partial charge >= 0.3 is 0 Å². The molecule has 0 bridgehead atoms. The van der Waals surface area contributed by atoms with Crippen LogP contribution in [0.25, 0.3) is 0 Å². The third-order valence-corrected chi connectivity index (χ3v) is 4.18. The van der Waals surface area contributed by atoms with E-state index in [1.165, 1.54) is 0 Å². The largest absolute Gasteiger partial charge is 0.359 e. The van der Waals surface area contributed by atoms with Gasteiger partial charge in [0, 0.05) is 26.2 Å². The van der Waals surface area contributed by atoms with Crippen LogP contribution >= 0.6 is 24.0 Å². The molecule has 8 heteroatoms. The molecule has 0 aliphatic heterocycles. The summed E-state index contributed by atoms with van der Waals surface area (Å²) in [5.41, 5.74) is 2.03. The maximum Gasteiger partial charge on any atom is 0.242 e. The highest BCUT2D eigenvalue weighted by Gasteiger charge is 2.13. The van der Waals surface area contributed by atoms with Gasteiger partial charge in [0.1, 0.15) is 0 Å². The zero-order valence-electron chi connectivity index (χ0n) is 16.9. The van der Waals surface area contributed by atoms with Crippen LogP contribution in [-0.4, -0.2) is 42.1 Å². The Labute approximate surface area is 184 Å². The first-order valence-corrected chi connectivity index (χ1v) is 9.25. The molecule has 0 saturated heterocycles. The highest BCUT2D eigenvalue weighted by Crippen LogP contribution is 2.13. The first kappa shape index (κ1) is 23.9. The first-order valence-electron chi connectivity index (χ1n) is 9.25. The number of aromatic nitrogens is 1. The summed E-state index contributed by atoms with van der Waals surface area (Å²) in [6.45, 7) is 7.98. The zero-order valence-corrected chi connectivity index (χ0v) is 19.3. The summed E-state index contributed by atoms with van der Waals surface area (Å²) in [7, 11) is 1.67. The molecule has 28 heavy (non-hydrogen) atoms. The molecule has 154 valence electrons. The molecule has 0 aliphatic rings. The normalized spacial score (nSPS) is 11.1. The molecule has 0 unspecified atom stereocenters. The van der Waals surface area contributed by atoms with Crippen LogP contribution in [0.5, 0.6) is 0 Å². The van der Waals surface area contributed by atoms with Crippen molar-refractivity contribution in [1.82, 2.24) is 20.7 Å². The molecule has 1 amide bonds. The van der Waals surface area contributed by atoms with Crippen LogP contribution in [0.4, 0.5) is 0 Å². The van der Waals surface area contributed by atoms with Gasteiger partial charge in [-0.05, 0) is 18.4 Å². The lowest BCUT2D eigenvalue weighted by molar-refractivity contribution is -0.130. The quantitative estimate of drug-likeness (QED) is 0.332. The van der Waals surface area contributed by atoms with Crippen molar-refractivity contribution in [2.45, 2.75) is 39.8 Å². The van der Waals surface area contributed by atoms with E-state index in [1.54, 1.807) is 11.9 Å². The van der Waals surface area contributed by atoms with Gasteiger partial charge in [0.15, 0.2) is 11.7 Å². The topological polar surface area (TPSA) is 82.8 Å². The molecule has 0 atom stereocenters. The molecule has 1 heterocycles. The molecule has 2 rings (SSSR count). The van der Waals surface area contributed by atoms with Crippen molar-refractivity contribution >= 4 is 35.8 Å². The number of guanidine groups is 1. The number of halogens is 1. The number of nitrogens with zero attached hydrogens (tertiary/aromatic N) is 3. The maximum absolute atomic E-state index is 12.5. The van der Waals surface area contributed by atoms with E-state index < -0.39 is 0 Å². The molecular formula is C20H30IN5O2. The number of amides is 1. The van der Waals surface area contributed by atoms with Gasteiger partial charge in [0.25, 0.3) is 0 Å². The molecule has 2 aromatic rings. The molecule has 7 nitrogen and oxygen atoms in total. The summed E-state index contributed by atoms with van der Waals surface area (Å²) in [5.74, 6) is 1.61. The fourth-order valence-corrected chi connectivity index (χ4v) is 2.53. The standard InChI is InChI=1S/C20H29N5O2.HI/c1-5-25(14-16-9-7-6-8-10-16)19(26)13-23-20(21-4)22-12-17-11-18(15(2)3)24-27-17;/h6-11,15H,5,12-14H2,1-4H3,(H2,21,22,23);1H. The maximum atomic E-state index is 12.5. The summed E-state index contributed by atoms with van der Waals surface area (Å²) in [6, 6.07) is 11.9. The van der Waals surface area contributed by atoms with E-state index in [9.17, 15) is 4.79 Å². The van der Waals surface area contributed by atoms with Crippen molar-refractivity contribution in [2.75, 3.05) is 20.1 Å². The molecule has 1 aromatic heterocycles. The van der Waals surface area contributed by atoms with Crippen molar-refractivity contribution < 1.29 is 9.32 Å². The van der Waals surface area contributed by atoms with E-state index in [-0.39, 0.29) is 36.4 Å². The summed E-state index contributed by atoms with van der Waals surface area (Å²) >= 11 is 0. The van der Waals surface area contributed by atoms with Crippen LogP contribution < -0.4 is 10.6 Å². The molecular weight excluding hydrogens is 469 g/mol. The second-order valence-electron chi connectivity index (χ2n) is 6.55. The predicted molar refractivity (Wildman–Crippen MR) is 122 cm³/mol. The fourth-order valence-electron chi connectivity index (χ4n) is 2.53. The van der Waals surface area contributed by atoms with Crippen molar-refractivity contribution in [2.24, 2.45) is 4.99 Å². The average molecular weight is 499 g/mol. The highest BCUT2D eigenvalue weighted by atomic mass is 127. The minimum Gasteiger partial charge on any atom is -0.359 e. The van der Waals surface area contributed by atoms with Gasteiger partial charge in [-0.3, -0.25) is 9.79 Å². The molecule has 1 aromatic carbocycles. The van der Waals surface area contributed by atoms with Crippen molar-refractivity contribution in [3.63, 3.8) is 0 Å². The van der Waals surface area contributed by atoms with Crippen molar-refractivity contribution in [1.29, 1.82) is 0 Å². The number of hydrogen-bond acceptors (Lipinski definition) is 4. The van der Waals surface area contributed by atoms with E-state index >= 15 is 0 Å². The first-order chi connectivity index (χ1) is 13.0. The summed E-state index contributed by atoms with van der Waals surface area (Å²) < 4.78 is 5.30. The Morgan fingerprint density at radius 1 is 1.25 bits per heavy atom. The SMILES string of the molecule is CCN(Cc1ccccc1)C(=O)CNC(=NC)NCc1cc(C(C)C)no1.I. The van der Waals surface area contributed by atoms with Crippen LogP contribution in [-0.2, 0) is 17.9 Å². The minimum absolute atomic E-state index is 0. The van der Waals surface area contributed by atoms with E-state index in [0.29, 0.717) is 31.5 Å². The smallest absolute Gasteiger partial charge is 0.242 e. The summed E-state index contributed by atoms with van der Waals surface area (Å²) in [5, 5.41) is 10.2. The van der Waals surface area contributed by atoms with Gasteiger partial charge in [-0.2, -0.15) is 0 Å². The predicted octanol–water partition coefficient (Wildman–Crippen LogP) is 3.13. The van der Waals surface area contributed by atoms with E-state index in [0.717, 1.165) is 17.0 Å². The van der Waals surface area contributed by atoms with Gasteiger partial charge in [-0.1, -0.05) is 49.3 Å². The lowest BCUT2D eigenvalue weighted by Gasteiger charge is -2.22. The fraction of sp³-hybridized carbons (Fsp3) is 0.450. The molecule has 0 saturated carbocycles. The van der Waals surface area contributed by atoms with Crippen molar-refractivity contribution in [3.8, 4) is 0 Å². The van der Waals surface area contributed by atoms with Crippen molar-refractivity contribution in [3.05, 3.63) is 53.4 Å². The van der Waals surface area contributed by atoms with E-state index in [1.807, 2.05) is 43.3 Å². The minimum atomic E-state index is 0. The lowest BCUT2D eigenvalue weighted by Crippen LogP contribution is -2.44. The molecule has 2 N–H and O–H groups in total. The van der Waals surface area contributed by atoms with Crippen LogP contribution in [0.1, 0.15) is 43.7 Å². The molecule has 0 fully saturated rings. The Balaban J connectivity index is 0.00000392. The van der Waals surface area contributed by atoms with E-state index in [2.05, 4.69) is 34.6 Å². The van der Waals surface area contributed by atoms with Gasteiger partial charge < -0.3 is 20.1 Å². The van der Waals surface area contributed by atoms with Crippen LogP contribution in [0.15, 0.2) is 45.9 Å². The summed E-state index contributed by atoms with van der Waals surface area (Å²) in [4.78, 5) is 18.5. The number of aliphatic imine (C=N–C) groups is 1. The Kier molecular flexibility index (Phi) is 10.6. The number of nitrogens with one attached hydrogen (secondary N) is 2. The van der Waals surface area contributed by atoms with Gasteiger partial charge in [-0.25, -0.2) is 0 Å². The average Bonchev–Trinajstić information content (AvgIpc) is 3.16. The number of benzene rings is 1. The monoisotopic (exact) mass is 499 g/mol. The highest BCUT2D eigenvalue weighted by molar-refractivity contribution is 14.0. The number of carbonyl (C=O) groups is 1. The van der Waals surface area contributed by atoms with Gasteiger partial charge in [-0.15, -0.1) is 24.0 Å². The second-order valence-corrected chi connectivity index (χ2v) is 6.55. The van der Waals surface area contributed by atoms with Gasteiger partial charge in [0.05, 0.1) is 18.8 Å². The van der Waals surface area contributed by atoms with Gasteiger partial charge in [0.2, 0.25) is 5.91 Å². The number of rotatable bonds is 8. The molecule has 0 radical (unpaired) electrons. The number of carbonyl (C=O) groups excluding carboxylic acids is 1. The van der Waals surface area contributed by atoms with Crippen LogP contribution in [0.2, 0.25) is 0 Å². The Hall–Kier alpha value is -2.10. The number of likely N-dealkylation sites (N-methyl/N-ethyl adjacent to an activating group) is 1. The summed E-state index contributed by atoms with van der Waals surface area (Å²) in [6.07, 6.45) is 0. The molecule has 0 aliphatic carbocycles. The molecule has 0 spiro atoms. The third kappa shape index (κ3) is 7.49. The lowest BCUT2D eigenvalue weighted by atomic mass is 10.1. The Morgan fingerprint density at radius 2 is 1.96 bits per heavy atom. The number of hydrogen-bond donors (Lipinski definition) is 2. The second kappa shape index (κ2) is 12.4. The third-order valence-electron chi connectivity index (χ3n) is 4.18. The Bertz CT molecular complexity index is 746. The van der Waals surface area contributed by atoms with Crippen LogP contribution in [0, 0.1) is 0 Å². The van der Waals surface area contributed by atoms with Crippen LogP contribution in [0.3, 0.4) is 0 Å².